The molecule has 1 aromatic carbocycles. The van der Waals surface area contributed by atoms with Gasteiger partial charge in [0, 0.05) is 18.5 Å². The van der Waals surface area contributed by atoms with Crippen molar-refractivity contribution >= 4 is 17.2 Å². The van der Waals surface area contributed by atoms with E-state index in [-0.39, 0.29) is 18.1 Å². The molecule has 5 heteroatoms. The number of carbonyl (C=O) groups excluding carboxylic acids is 1. The van der Waals surface area contributed by atoms with E-state index in [1.165, 1.54) is 0 Å². The zero-order chi connectivity index (χ0) is 14.7. The van der Waals surface area contributed by atoms with E-state index in [2.05, 4.69) is 11.4 Å². The Morgan fingerprint density at radius 1 is 1.24 bits per heavy atom. The van der Waals surface area contributed by atoms with Crippen molar-refractivity contribution in [2.45, 2.75) is 12.2 Å². The minimum absolute atomic E-state index is 0.0714. The lowest BCUT2D eigenvalue weighted by molar-refractivity contribution is -0.130. The summed E-state index contributed by atoms with van der Waals surface area (Å²) in [6, 6.07) is 13.6. The normalized spacial score (nSPS) is 22.0. The molecule has 0 spiro atoms. The van der Waals surface area contributed by atoms with E-state index in [0.717, 1.165) is 10.4 Å². The van der Waals surface area contributed by atoms with Crippen LogP contribution in [0.1, 0.15) is 22.6 Å². The zero-order valence-electron chi connectivity index (χ0n) is 11.9. The van der Waals surface area contributed by atoms with Gasteiger partial charge in [-0.1, -0.05) is 36.4 Å². The van der Waals surface area contributed by atoms with Gasteiger partial charge < -0.3 is 9.64 Å². The Balaban J connectivity index is 1.87. The average molecular weight is 302 g/mol. The standard InChI is InChI=1S/C16H18N2O2S/c1-20-10-9-18-15(13-8-5-11-21-13)17-14(16(18)19)12-6-3-2-4-7-12/h2-8,11,14-15,17H,9-10H2,1H3. The van der Waals surface area contributed by atoms with Gasteiger partial charge in [-0.15, -0.1) is 11.3 Å². The number of thiophene rings is 1. The third-order valence-electron chi connectivity index (χ3n) is 3.65. The summed E-state index contributed by atoms with van der Waals surface area (Å²) in [6.45, 7) is 1.13. The number of benzene rings is 1. The van der Waals surface area contributed by atoms with Crippen LogP contribution in [-0.4, -0.2) is 31.1 Å². The molecular weight excluding hydrogens is 284 g/mol. The highest BCUT2D eigenvalue weighted by Crippen LogP contribution is 2.34. The molecule has 1 saturated heterocycles. The number of nitrogens with zero attached hydrogens (tertiary/aromatic N) is 1. The first-order chi connectivity index (χ1) is 10.3. The van der Waals surface area contributed by atoms with Crippen LogP contribution in [0.4, 0.5) is 0 Å². The van der Waals surface area contributed by atoms with E-state index in [1.807, 2.05) is 46.7 Å². The van der Waals surface area contributed by atoms with Crippen molar-refractivity contribution in [1.82, 2.24) is 10.2 Å². The number of ether oxygens (including phenoxy) is 1. The van der Waals surface area contributed by atoms with Crippen LogP contribution in [0.15, 0.2) is 47.8 Å². The lowest BCUT2D eigenvalue weighted by Crippen LogP contribution is -2.32. The highest BCUT2D eigenvalue weighted by Gasteiger charge is 2.40. The molecule has 1 aliphatic heterocycles. The molecule has 2 heterocycles. The van der Waals surface area contributed by atoms with Gasteiger partial charge in [-0.2, -0.15) is 0 Å². The molecule has 0 radical (unpaired) electrons. The third kappa shape index (κ3) is 2.85. The van der Waals surface area contributed by atoms with Crippen LogP contribution in [0.25, 0.3) is 0 Å². The second-order valence-electron chi connectivity index (χ2n) is 4.95. The van der Waals surface area contributed by atoms with Crippen LogP contribution in [-0.2, 0) is 9.53 Å². The first-order valence-electron chi connectivity index (χ1n) is 6.95. The first kappa shape index (κ1) is 14.3. The second-order valence-corrected chi connectivity index (χ2v) is 5.93. The summed E-state index contributed by atoms with van der Waals surface area (Å²) in [5.41, 5.74) is 1.00. The molecule has 1 N–H and O–H groups in total. The summed E-state index contributed by atoms with van der Waals surface area (Å²) < 4.78 is 5.14. The number of rotatable bonds is 5. The molecule has 2 unspecified atom stereocenters. The maximum absolute atomic E-state index is 12.7. The van der Waals surface area contributed by atoms with Gasteiger partial charge in [0.2, 0.25) is 5.91 Å². The van der Waals surface area contributed by atoms with Gasteiger partial charge in [-0.3, -0.25) is 10.1 Å². The van der Waals surface area contributed by atoms with Gasteiger partial charge in [0.15, 0.2) is 0 Å². The van der Waals surface area contributed by atoms with Crippen molar-refractivity contribution in [3.05, 3.63) is 58.3 Å². The predicted octanol–water partition coefficient (Wildman–Crippen LogP) is 2.57. The molecule has 0 saturated carbocycles. The summed E-state index contributed by atoms with van der Waals surface area (Å²) >= 11 is 1.66. The molecule has 1 aliphatic rings. The van der Waals surface area contributed by atoms with E-state index in [1.54, 1.807) is 18.4 Å². The SMILES string of the molecule is COCCN1C(=O)C(c2ccccc2)NC1c1cccs1. The van der Waals surface area contributed by atoms with Crippen molar-refractivity contribution in [2.24, 2.45) is 0 Å². The van der Waals surface area contributed by atoms with Crippen molar-refractivity contribution in [3.63, 3.8) is 0 Å². The van der Waals surface area contributed by atoms with E-state index >= 15 is 0 Å². The van der Waals surface area contributed by atoms with Gasteiger partial charge >= 0.3 is 0 Å². The maximum Gasteiger partial charge on any atom is 0.246 e. The number of hydrogen-bond donors (Lipinski definition) is 1. The van der Waals surface area contributed by atoms with E-state index in [4.69, 9.17) is 4.74 Å². The highest BCUT2D eigenvalue weighted by molar-refractivity contribution is 7.10. The Bertz CT molecular complexity index is 586. The fourth-order valence-corrected chi connectivity index (χ4v) is 3.40. The zero-order valence-corrected chi connectivity index (χ0v) is 12.7. The molecular formula is C16H18N2O2S. The quantitative estimate of drug-likeness (QED) is 0.923. The van der Waals surface area contributed by atoms with Crippen LogP contribution in [0, 0.1) is 0 Å². The van der Waals surface area contributed by atoms with Crippen molar-refractivity contribution in [3.8, 4) is 0 Å². The molecule has 0 bridgehead atoms. The predicted molar refractivity (Wildman–Crippen MR) is 83.0 cm³/mol. The van der Waals surface area contributed by atoms with E-state index in [9.17, 15) is 4.79 Å². The van der Waals surface area contributed by atoms with Gasteiger partial charge in [0.25, 0.3) is 0 Å². The maximum atomic E-state index is 12.7. The third-order valence-corrected chi connectivity index (χ3v) is 4.57. The Labute approximate surface area is 128 Å². The van der Waals surface area contributed by atoms with E-state index < -0.39 is 0 Å². The van der Waals surface area contributed by atoms with Crippen LogP contribution in [0.5, 0.6) is 0 Å². The van der Waals surface area contributed by atoms with Crippen LogP contribution in [0.3, 0.4) is 0 Å². The van der Waals surface area contributed by atoms with Crippen LogP contribution in [0.2, 0.25) is 0 Å². The summed E-state index contributed by atoms with van der Waals surface area (Å²) in [4.78, 5) is 15.7. The average Bonchev–Trinajstić information content (AvgIpc) is 3.14. The highest BCUT2D eigenvalue weighted by atomic mass is 32.1. The molecule has 2 aromatic rings. The number of hydrogen-bond acceptors (Lipinski definition) is 4. The van der Waals surface area contributed by atoms with Crippen molar-refractivity contribution < 1.29 is 9.53 Å². The fourth-order valence-electron chi connectivity index (χ4n) is 2.61. The van der Waals surface area contributed by atoms with E-state index in [0.29, 0.717) is 13.2 Å². The van der Waals surface area contributed by atoms with Gasteiger partial charge in [0.05, 0.1) is 6.61 Å². The molecule has 2 atom stereocenters. The van der Waals surface area contributed by atoms with Gasteiger partial charge in [-0.25, -0.2) is 0 Å². The minimum atomic E-state index is -0.282. The Morgan fingerprint density at radius 2 is 2.05 bits per heavy atom. The second kappa shape index (κ2) is 6.39. The van der Waals surface area contributed by atoms with Crippen molar-refractivity contribution in [1.29, 1.82) is 0 Å². The molecule has 3 rings (SSSR count). The number of amides is 1. The Hall–Kier alpha value is -1.69. The Morgan fingerprint density at radius 3 is 2.71 bits per heavy atom. The van der Waals surface area contributed by atoms with Crippen LogP contribution >= 0.6 is 11.3 Å². The molecule has 4 nitrogen and oxygen atoms in total. The van der Waals surface area contributed by atoms with Crippen molar-refractivity contribution in [2.75, 3.05) is 20.3 Å². The lowest BCUT2D eigenvalue weighted by Gasteiger charge is -2.22. The minimum Gasteiger partial charge on any atom is -0.383 e. The number of carbonyl (C=O) groups is 1. The number of nitrogens with one attached hydrogen (secondary N) is 1. The molecule has 1 aromatic heterocycles. The summed E-state index contributed by atoms with van der Waals surface area (Å²) in [7, 11) is 1.66. The summed E-state index contributed by atoms with van der Waals surface area (Å²) in [5, 5.41) is 5.48. The smallest absolute Gasteiger partial charge is 0.246 e. The summed E-state index contributed by atoms with van der Waals surface area (Å²) in [5.74, 6) is 0.108. The topological polar surface area (TPSA) is 41.6 Å². The first-order valence-corrected chi connectivity index (χ1v) is 7.83. The van der Waals surface area contributed by atoms with Gasteiger partial charge in [-0.05, 0) is 17.0 Å². The summed E-state index contributed by atoms with van der Waals surface area (Å²) in [6.07, 6.45) is -0.0714. The molecule has 21 heavy (non-hydrogen) atoms. The monoisotopic (exact) mass is 302 g/mol. The molecule has 1 fully saturated rings. The molecule has 1 amide bonds. The number of methoxy groups -OCH3 is 1. The lowest BCUT2D eigenvalue weighted by atomic mass is 10.1. The Kier molecular flexibility index (Phi) is 4.34. The van der Waals surface area contributed by atoms with Crippen LogP contribution < -0.4 is 5.32 Å². The van der Waals surface area contributed by atoms with Gasteiger partial charge in [0.1, 0.15) is 12.2 Å². The molecule has 0 aliphatic carbocycles. The largest absolute Gasteiger partial charge is 0.383 e. The molecule has 110 valence electrons. The fraction of sp³-hybridized carbons (Fsp3) is 0.312.